The Hall–Kier alpha value is -2.06. The maximum atomic E-state index is 12.5. The molecule has 0 aliphatic carbocycles. The summed E-state index contributed by atoms with van der Waals surface area (Å²) in [6, 6.07) is 13.5. The van der Waals surface area contributed by atoms with Gasteiger partial charge in [-0.15, -0.1) is 0 Å². The van der Waals surface area contributed by atoms with Crippen LogP contribution in [0.4, 0.5) is 0 Å². The molecule has 4 rings (SSSR count). The summed E-state index contributed by atoms with van der Waals surface area (Å²) in [7, 11) is 0. The molecule has 3 aromatic rings. The minimum atomic E-state index is 0.0837. The topological polar surface area (TPSA) is 22.0 Å². The van der Waals surface area contributed by atoms with E-state index in [0.717, 1.165) is 33.4 Å². The highest BCUT2D eigenvalue weighted by Crippen LogP contribution is 2.38. The maximum Gasteiger partial charge on any atom is 0.212 e. The number of hydrogen-bond acceptors (Lipinski definition) is 1. The van der Waals surface area contributed by atoms with Crippen LogP contribution < -0.4 is 0 Å². The Kier molecular flexibility index (Phi) is 1.99. The number of aromatic nitrogens is 1. The number of benzene rings is 2. The lowest BCUT2D eigenvalue weighted by Crippen LogP contribution is -1.97. The van der Waals surface area contributed by atoms with Gasteiger partial charge in [-0.05, 0) is 36.8 Å². The van der Waals surface area contributed by atoms with Crippen molar-refractivity contribution in [2.24, 2.45) is 0 Å². The zero-order valence-electron chi connectivity index (χ0n) is 10.3. The molecule has 2 heterocycles. The van der Waals surface area contributed by atoms with E-state index in [1.165, 1.54) is 0 Å². The lowest BCUT2D eigenvalue weighted by molar-refractivity contribution is 0.104. The Bertz CT molecular complexity index is 861. The van der Waals surface area contributed by atoms with Crippen LogP contribution in [0.15, 0.2) is 42.5 Å². The normalized spacial score (nSPS) is 12.8. The fourth-order valence-corrected chi connectivity index (χ4v) is 3.10. The highest BCUT2D eigenvalue weighted by Gasteiger charge is 2.31. The van der Waals surface area contributed by atoms with Crippen molar-refractivity contribution >= 4 is 28.3 Å². The minimum absolute atomic E-state index is 0.0837. The van der Waals surface area contributed by atoms with Gasteiger partial charge in [-0.2, -0.15) is 0 Å². The number of para-hydroxylation sites is 1. The molecule has 0 radical (unpaired) electrons. The first-order valence-corrected chi connectivity index (χ1v) is 6.51. The number of rotatable bonds is 0. The molecular formula is C16H10ClNO. The quantitative estimate of drug-likeness (QED) is 0.469. The molecule has 1 aliphatic heterocycles. The Morgan fingerprint density at radius 2 is 1.89 bits per heavy atom. The van der Waals surface area contributed by atoms with Crippen LogP contribution in [0, 0.1) is 6.92 Å². The van der Waals surface area contributed by atoms with E-state index in [-0.39, 0.29) is 5.78 Å². The highest BCUT2D eigenvalue weighted by molar-refractivity contribution is 6.31. The molecule has 0 N–H and O–H groups in total. The molecule has 3 heteroatoms. The van der Waals surface area contributed by atoms with Gasteiger partial charge in [-0.1, -0.05) is 29.8 Å². The number of hydrogen-bond donors (Lipinski definition) is 0. The smallest absolute Gasteiger partial charge is 0.212 e. The van der Waals surface area contributed by atoms with Gasteiger partial charge in [0.15, 0.2) is 0 Å². The van der Waals surface area contributed by atoms with Crippen LogP contribution in [-0.4, -0.2) is 10.4 Å². The molecular weight excluding hydrogens is 258 g/mol. The first-order chi connectivity index (χ1) is 9.18. The van der Waals surface area contributed by atoms with Gasteiger partial charge >= 0.3 is 0 Å². The maximum absolute atomic E-state index is 12.5. The summed E-state index contributed by atoms with van der Waals surface area (Å²) in [4.78, 5) is 12.5. The van der Waals surface area contributed by atoms with E-state index >= 15 is 0 Å². The molecule has 92 valence electrons. The number of carbonyl (C=O) groups excluding carboxylic acids is 1. The van der Waals surface area contributed by atoms with E-state index in [4.69, 9.17) is 11.6 Å². The van der Waals surface area contributed by atoms with Crippen LogP contribution >= 0.6 is 11.6 Å². The highest BCUT2D eigenvalue weighted by atomic mass is 35.5. The molecule has 19 heavy (non-hydrogen) atoms. The molecule has 1 aromatic heterocycles. The molecule has 0 atom stereocenters. The lowest BCUT2D eigenvalue weighted by Gasteiger charge is -2.04. The van der Waals surface area contributed by atoms with Crippen molar-refractivity contribution < 1.29 is 4.79 Å². The Morgan fingerprint density at radius 1 is 1.11 bits per heavy atom. The SMILES string of the molecule is Cc1c2n(c3ccccc13)-c1cc(Cl)ccc1C2=O. The predicted molar refractivity (Wildman–Crippen MR) is 76.5 cm³/mol. The lowest BCUT2D eigenvalue weighted by atomic mass is 10.1. The summed E-state index contributed by atoms with van der Waals surface area (Å²) in [5.41, 5.74) is 4.47. The van der Waals surface area contributed by atoms with Crippen molar-refractivity contribution in [3.8, 4) is 5.69 Å². The van der Waals surface area contributed by atoms with Gasteiger partial charge < -0.3 is 4.57 Å². The molecule has 2 nitrogen and oxygen atoms in total. The molecule has 0 amide bonds. The second-order valence-corrected chi connectivity index (χ2v) is 5.25. The summed E-state index contributed by atoms with van der Waals surface area (Å²) in [6.07, 6.45) is 0. The van der Waals surface area contributed by atoms with Gasteiger partial charge in [-0.3, -0.25) is 4.79 Å². The van der Waals surface area contributed by atoms with Crippen molar-refractivity contribution in [1.29, 1.82) is 0 Å². The van der Waals surface area contributed by atoms with Gasteiger partial charge in [0.25, 0.3) is 0 Å². The Morgan fingerprint density at radius 3 is 2.74 bits per heavy atom. The fraction of sp³-hybridized carbons (Fsp3) is 0.0625. The molecule has 0 fully saturated rings. The average Bonchev–Trinajstić information content (AvgIpc) is 2.86. The van der Waals surface area contributed by atoms with Crippen LogP contribution in [0.25, 0.3) is 16.6 Å². The standard InChI is InChI=1S/C16H10ClNO/c1-9-11-4-2-3-5-13(11)18-14-8-10(17)6-7-12(14)16(19)15(9)18/h2-8H,1H3. The summed E-state index contributed by atoms with van der Waals surface area (Å²) in [6.45, 7) is 2.00. The largest absolute Gasteiger partial charge is 0.305 e. The number of halogens is 1. The second-order valence-electron chi connectivity index (χ2n) is 4.82. The number of aryl methyl sites for hydroxylation is 1. The van der Waals surface area contributed by atoms with Gasteiger partial charge in [-0.25, -0.2) is 0 Å². The molecule has 0 bridgehead atoms. The van der Waals surface area contributed by atoms with Crippen LogP contribution in [0.5, 0.6) is 0 Å². The van der Waals surface area contributed by atoms with E-state index in [0.29, 0.717) is 5.02 Å². The summed E-state index contributed by atoms with van der Waals surface area (Å²) in [5, 5.41) is 1.77. The third kappa shape index (κ3) is 1.24. The van der Waals surface area contributed by atoms with Gasteiger partial charge in [0.05, 0.1) is 16.9 Å². The van der Waals surface area contributed by atoms with Crippen molar-refractivity contribution in [2.75, 3.05) is 0 Å². The number of ketones is 1. The average molecular weight is 268 g/mol. The minimum Gasteiger partial charge on any atom is -0.305 e. The van der Waals surface area contributed by atoms with E-state index in [9.17, 15) is 4.79 Å². The van der Waals surface area contributed by atoms with Gasteiger partial charge in [0.2, 0.25) is 5.78 Å². The summed E-state index contributed by atoms with van der Waals surface area (Å²) >= 11 is 6.07. The number of nitrogens with zero attached hydrogens (tertiary/aromatic N) is 1. The third-order valence-corrected chi connectivity index (χ3v) is 4.02. The van der Waals surface area contributed by atoms with Crippen LogP contribution in [0.1, 0.15) is 21.6 Å². The van der Waals surface area contributed by atoms with Gasteiger partial charge in [0, 0.05) is 16.0 Å². The first-order valence-electron chi connectivity index (χ1n) is 6.13. The fourth-order valence-electron chi connectivity index (χ4n) is 2.93. The molecule has 0 unspecified atom stereocenters. The van der Waals surface area contributed by atoms with Crippen molar-refractivity contribution in [1.82, 2.24) is 4.57 Å². The monoisotopic (exact) mass is 267 g/mol. The van der Waals surface area contributed by atoms with Crippen molar-refractivity contribution in [3.05, 3.63) is 64.3 Å². The van der Waals surface area contributed by atoms with Crippen molar-refractivity contribution in [2.45, 2.75) is 6.92 Å². The Balaban J connectivity index is 2.23. The van der Waals surface area contributed by atoms with Crippen LogP contribution in [0.3, 0.4) is 0 Å². The van der Waals surface area contributed by atoms with Crippen LogP contribution in [-0.2, 0) is 0 Å². The van der Waals surface area contributed by atoms with Gasteiger partial charge in [0.1, 0.15) is 0 Å². The first kappa shape index (κ1) is 10.8. The van der Waals surface area contributed by atoms with E-state index < -0.39 is 0 Å². The zero-order chi connectivity index (χ0) is 13.1. The Labute approximate surface area is 115 Å². The van der Waals surface area contributed by atoms with E-state index in [2.05, 4.69) is 0 Å². The number of carbonyl (C=O) groups is 1. The van der Waals surface area contributed by atoms with Crippen LogP contribution in [0.2, 0.25) is 5.02 Å². The number of fused-ring (bicyclic) bond motifs is 5. The summed E-state index contributed by atoms with van der Waals surface area (Å²) in [5.74, 6) is 0.0837. The van der Waals surface area contributed by atoms with E-state index in [1.54, 1.807) is 12.1 Å². The predicted octanol–water partition coefficient (Wildman–Crippen LogP) is 4.14. The molecule has 0 spiro atoms. The zero-order valence-corrected chi connectivity index (χ0v) is 11.0. The summed E-state index contributed by atoms with van der Waals surface area (Å²) < 4.78 is 2.02. The van der Waals surface area contributed by atoms with Crippen molar-refractivity contribution in [3.63, 3.8) is 0 Å². The molecule has 0 saturated heterocycles. The molecule has 2 aromatic carbocycles. The molecule has 1 aliphatic rings. The third-order valence-electron chi connectivity index (χ3n) is 3.79. The molecule has 0 saturated carbocycles. The van der Waals surface area contributed by atoms with E-state index in [1.807, 2.05) is 41.8 Å². The second kappa shape index (κ2) is 3.49.